The summed E-state index contributed by atoms with van der Waals surface area (Å²) < 4.78 is 11.4. The topological polar surface area (TPSA) is 77.2 Å². The Labute approximate surface area is 162 Å². The van der Waals surface area contributed by atoms with Crippen LogP contribution in [0.2, 0.25) is 0 Å². The molecule has 6 nitrogen and oxygen atoms in total. The first-order valence-electron chi connectivity index (χ1n) is 9.09. The Morgan fingerprint density at radius 3 is 2.32 bits per heavy atom. The average Bonchev–Trinajstić information content (AvgIpc) is 2.98. The normalized spacial score (nSPS) is 10.5. The predicted octanol–water partition coefficient (Wildman–Crippen LogP) is 2.81. The predicted molar refractivity (Wildman–Crippen MR) is 106 cm³/mol. The van der Waals surface area contributed by atoms with Crippen LogP contribution >= 0.6 is 0 Å². The lowest BCUT2D eigenvalue weighted by Gasteiger charge is -2.06. The molecule has 1 N–H and O–H groups in total. The summed E-state index contributed by atoms with van der Waals surface area (Å²) in [7, 11) is 0. The van der Waals surface area contributed by atoms with Gasteiger partial charge in [-0.15, -0.1) is 4.74 Å². The van der Waals surface area contributed by atoms with Crippen LogP contribution in [0.25, 0.3) is 0 Å². The summed E-state index contributed by atoms with van der Waals surface area (Å²) in [4.78, 5) is 24.5. The van der Waals surface area contributed by atoms with E-state index in [0.717, 1.165) is 28.0 Å². The summed E-state index contributed by atoms with van der Waals surface area (Å²) in [5.74, 6) is 6.69. The molecule has 0 saturated carbocycles. The summed E-state index contributed by atoms with van der Waals surface area (Å²) in [6, 6.07) is 15.5. The molecular weight excluding hydrogens is 356 g/mol. The van der Waals surface area contributed by atoms with Crippen molar-refractivity contribution in [2.75, 3.05) is 6.61 Å². The van der Waals surface area contributed by atoms with Crippen molar-refractivity contribution in [1.82, 2.24) is 9.72 Å². The smallest absolute Gasteiger partial charge is 0.440 e. The van der Waals surface area contributed by atoms with Gasteiger partial charge >= 0.3 is 11.4 Å². The molecule has 3 rings (SSSR count). The first kappa shape index (κ1) is 19.3. The molecule has 0 aliphatic heterocycles. The highest BCUT2D eigenvalue weighted by atomic mass is 16.5. The summed E-state index contributed by atoms with van der Waals surface area (Å²) in [6.07, 6.45) is 1.06. The van der Waals surface area contributed by atoms with E-state index in [0.29, 0.717) is 12.5 Å². The molecule has 1 aromatic heterocycles. The van der Waals surface area contributed by atoms with Crippen molar-refractivity contribution in [1.29, 1.82) is 0 Å². The standard InChI is InChI=1S/C22H22N2O4/c1-16(2)14-18-9-11-20(12-10-18)27-13-3-4-17-5-7-19(8-6-17)15-24-21(25)23-22(26)28-24/h5-12,16H,13-15H2,1-2H3,(H,23,25,26). The van der Waals surface area contributed by atoms with Gasteiger partial charge in [-0.25, -0.2) is 14.6 Å². The van der Waals surface area contributed by atoms with Crippen LogP contribution in [0.3, 0.4) is 0 Å². The Kier molecular flexibility index (Phi) is 6.18. The highest BCUT2D eigenvalue weighted by molar-refractivity contribution is 5.36. The molecule has 0 amide bonds. The summed E-state index contributed by atoms with van der Waals surface area (Å²) >= 11 is 0. The highest BCUT2D eigenvalue weighted by Crippen LogP contribution is 2.14. The highest BCUT2D eigenvalue weighted by Gasteiger charge is 2.03. The number of H-pyrrole nitrogens is 1. The molecule has 0 bridgehead atoms. The van der Waals surface area contributed by atoms with Gasteiger partial charge in [0.25, 0.3) is 0 Å². The van der Waals surface area contributed by atoms with Gasteiger partial charge in [0.2, 0.25) is 0 Å². The van der Waals surface area contributed by atoms with Crippen molar-refractivity contribution in [3.8, 4) is 17.6 Å². The number of nitrogens with zero attached hydrogens (tertiary/aromatic N) is 1. The Morgan fingerprint density at radius 2 is 1.71 bits per heavy atom. The number of hydrogen-bond acceptors (Lipinski definition) is 4. The molecule has 0 fully saturated rings. The van der Waals surface area contributed by atoms with E-state index in [2.05, 4.69) is 37.8 Å². The van der Waals surface area contributed by atoms with Gasteiger partial charge in [-0.1, -0.05) is 50.0 Å². The van der Waals surface area contributed by atoms with E-state index in [1.807, 2.05) is 41.4 Å². The van der Waals surface area contributed by atoms with E-state index in [1.54, 1.807) is 0 Å². The Morgan fingerprint density at radius 1 is 1.04 bits per heavy atom. The van der Waals surface area contributed by atoms with Gasteiger partial charge in [0.05, 0.1) is 6.54 Å². The lowest BCUT2D eigenvalue weighted by atomic mass is 10.0. The van der Waals surface area contributed by atoms with Gasteiger partial charge < -0.3 is 9.26 Å². The molecular formula is C22H22N2O4. The van der Waals surface area contributed by atoms with Crippen LogP contribution in [0.4, 0.5) is 0 Å². The van der Waals surface area contributed by atoms with E-state index in [-0.39, 0.29) is 6.54 Å². The van der Waals surface area contributed by atoms with Gasteiger partial charge in [0.1, 0.15) is 12.4 Å². The van der Waals surface area contributed by atoms with E-state index in [4.69, 9.17) is 9.26 Å². The summed E-state index contributed by atoms with van der Waals surface area (Å²) in [6.45, 7) is 4.88. The lowest BCUT2D eigenvalue weighted by molar-refractivity contribution is 0.258. The number of aromatic nitrogens is 2. The molecule has 0 atom stereocenters. The Hall–Kier alpha value is -3.46. The number of ether oxygens (including phenoxy) is 1. The molecule has 28 heavy (non-hydrogen) atoms. The average molecular weight is 378 g/mol. The zero-order chi connectivity index (χ0) is 19.9. The van der Waals surface area contributed by atoms with E-state index >= 15 is 0 Å². The van der Waals surface area contributed by atoms with Crippen LogP contribution in [0.5, 0.6) is 5.75 Å². The van der Waals surface area contributed by atoms with Crippen molar-refractivity contribution in [2.45, 2.75) is 26.8 Å². The molecule has 0 aliphatic rings. The van der Waals surface area contributed by atoms with E-state index in [9.17, 15) is 9.59 Å². The zero-order valence-electron chi connectivity index (χ0n) is 15.9. The van der Waals surface area contributed by atoms with Gasteiger partial charge in [-0.05, 0) is 47.7 Å². The number of nitrogens with one attached hydrogen (secondary N) is 1. The fourth-order valence-corrected chi connectivity index (χ4v) is 2.73. The van der Waals surface area contributed by atoms with Crippen LogP contribution < -0.4 is 16.2 Å². The third-order valence-electron chi connectivity index (χ3n) is 4.02. The number of hydrogen-bond donors (Lipinski definition) is 1. The number of rotatable bonds is 6. The van der Waals surface area contributed by atoms with Crippen molar-refractivity contribution in [3.05, 3.63) is 86.3 Å². The van der Waals surface area contributed by atoms with Gasteiger partial charge in [0.15, 0.2) is 0 Å². The van der Waals surface area contributed by atoms with Crippen LogP contribution in [-0.4, -0.2) is 16.3 Å². The minimum Gasteiger partial charge on any atom is -0.481 e. The fourth-order valence-electron chi connectivity index (χ4n) is 2.73. The Balaban J connectivity index is 1.52. The maximum atomic E-state index is 11.4. The lowest BCUT2D eigenvalue weighted by Crippen LogP contribution is -2.17. The first-order chi connectivity index (χ1) is 13.5. The quantitative estimate of drug-likeness (QED) is 0.669. The molecule has 0 saturated heterocycles. The maximum absolute atomic E-state index is 11.4. The molecule has 1 heterocycles. The number of benzene rings is 2. The fraction of sp³-hybridized carbons (Fsp3) is 0.273. The van der Waals surface area contributed by atoms with E-state index < -0.39 is 11.4 Å². The van der Waals surface area contributed by atoms with E-state index in [1.165, 1.54) is 5.56 Å². The monoisotopic (exact) mass is 378 g/mol. The first-order valence-corrected chi connectivity index (χ1v) is 9.09. The minimum absolute atomic E-state index is 0.182. The summed E-state index contributed by atoms with van der Waals surface area (Å²) in [5.41, 5.74) is 2.40. The molecule has 0 spiro atoms. The van der Waals surface area contributed by atoms with Crippen LogP contribution in [0, 0.1) is 17.8 Å². The van der Waals surface area contributed by atoms with Gasteiger partial charge in [-0.3, -0.25) is 0 Å². The largest absolute Gasteiger partial charge is 0.481 e. The van der Waals surface area contributed by atoms with Crippen molar-refractivity contribution in [3.63, 3.8) is 0 Å². The SMILES string of the molecule is CC(C)Cc1ccc(OCC#Cc2ccc(Cn3oc(=O)[nH]c3=O)cc2)cc1. The summed E-state index contributed by atoms with van der Waals surface area (Å²) in [5, 5.41) is 0. The molecule has 144 valence electrons. The second-order valence-electron chi connectivity index (χ2n) is 6.87. The third-order valence-corrected chi connectivity index (χ3v) is 4.02. The van der Waals surface area contributed by atoms with Crippen LogP contribution in [0.15, 0.2) is 62.6 Å². The van der Waals surface area contributed by atoms with Gasteiger partial charge in [0, 0.05) is 5.56 Å². The van der Waals surface area contributed by atoms with Crippen molar-refractivity contribution >= 4 is 0 Å². The molecule has 3 aromatic rings. The Bertz CT molecular complexity index is 1070. The van der Waals surface area contributed by atoms with Crippen LogP contribution in [-0.2, 0) is 13.0 Å². The second-order valence-corrected chi connectivity index (χ2v) is 6.87. The zero-order valence-corrected chi connectivity index (χ0v) is 15.9. The second kappa shape index (κ2) is 8.96. The molecule has 0 unspecified atom stereocenters. The van der Waals surface area contributed by atoms with Crippen molar-refractivity contribution < 1.29 is 9.26 Å². The van der Waals surface area contributed by atoms with Crippen molar-refractivity contribution in [2.24, 2.45) is 5.92 Å². The minimum atomic E-state index is -0.762. The molecule has 0 aliphatic carbocycles. The molecule has 6 heteroatoms. The van der Waals surface area contributed by atoms with Gasteiger partial charge in [-0.2, -0.15) is 0 Å². The number of aromatic amines is 1. The molecule has 2 aromatic carbocycles. The maximum Gasteiger partial charge on any atom is 0.440 e. The third kappa shape index (κ3) is 5.52. The van der Waals surface area contributed by atoms with Crippen LogP contribution in [0.1, 0.15) is 30.5 Å². The molecule has 0 radical (unpaired) electrons.